The molecular formula is C14H24N4. The van der Waals surface area contributed by atoms with Crippen LogP contribution in [-0.2, 0) is 0 Å². The molecule has 0 aliphatic heterocycles. The maximum atomic E-state index is 4.27. The highest BCUT2D eigenvalue weighted by Crippen LogP contribution is 2.26. The monoisotopic (exact) mass is 248 g/mol. The highest BCUT2D eigenvalue weighted by Gasteiger charge is 2.26. The third-order valence-electron chi connectivity index (χ3n) is 3.32. The Morgan fingerprint density at radius 2 is 2.17 bits per heavy atom. The van der Waals surface area contributed by atoms with Crippen LogP contribution in [0, 0.1) is 0 Å². The molecule has 2 rings (SSSR count). The lowest BCUT2D eigenvalue weighted by atomic mass is 10.3. The molecule has 100 valence electrons. The number of nitrogens with zero attached hydrogens (tertiary/aromatic N) is 2. The minimum Gasteiger partial charge on any atom is -0.384 e. The van der Waals surface area contributed by atoms with Crippen LogP contribution in [0.15, 0.2) is 18.3 Å². The highest BCUT2D eigenvalue weighted by atomic mass is 15.2. The molecule has 18 heavy (non-hydrogen) atoms. The number of likely N-dealkylation sites (N-methyl/N-ethyl adjacent to an activating group) is 1. The van der Waals surface area contributed by atoms with Crippen LogP contribution in [0.5, 0.6) is 0 Å². The van der Waals surface area contributed by atoms with Gasteiger partial charge in [0.15, 0.2) is 0 Å². The summed E-state index contributed by atoms with van der Waals surface area (Å²) in [4.78, 5) is 6.82. The lowest BCUT2D eigenvalue weighted by molar-refractivity contribution is 0.289. The lowest BCUT2D eigenvalue weighted by Crippen LogP contribution is -2.30. The van der Waals surface area contributed by atoms with E-state index >= 15 is 0 Å². The molecule has 1 aromatic heterocycles. The molecule has 4 heteroatoms. The van der Waals surface area contributed by atoms with Crippen molar-refractivity contribution in [3.05, 3.63) is 18.3 Å². The largest absolute Gasteiger partial charge is 0.384 e. The zero-order valence-electron chi connectivity index (χ0n) is 11.4. The lowest BCUT2D eigenvalue weighted by Gasteiger charge is -2.20. The second-order valence-electron chi connectivity index (χ2n) is 4.75. The Kier molecular flexibility index (Phi) is 4.81. The Labute approximate surface area is 110 Å². The number of anilines is 2. The summed E-state index contributed by atoms with van der Waals surface area (Å²) in [6, 6.07) is 4.94. The molecule has 0 unspecified atom stereocenters. The van der Waals surface area contributed by atoms with Gasteiger partial charge in [0.25, 0.3) is 0 Å². The van der Waals surface area contributed by atoms with Crippen LogP contribution in [-0.4, -0.2) is 42.1 Å². The van der Waals surface area contributed by atoms with E-state index in [2.05, 4.69) is 40.4 Å². The highest BCUT2D eigenvalue weighted by molar-refractivity contribution is 5.51. The summed E-state index contributed by atoms with van der Waals surface area (Å²) in [6.45, 7) is 8.51. The van der Waals surface area contributed by atoms with Gasteiger partial charge < -0.3 is 10.6 Å². The van der Waals surface area contributed by atoms with Crippen molar-refractivity contribution in [2.75, 3.05) is 36.8 Å². The van der Waals surface area contributed by atoms with Crippen molar-refractivity contribution in [2.45, 2.75) is 32.7 Å². The van der Waals surface area contributed by atoms with Gasteiger partial charge in [0.1, 0.15) is 5.82 Å². The number of nitrogens with one attached hydrogen (secondary N) is 2. The van der Waals surface area contributed by atoms with E-state index in [0.29, 0.717) is 0 Å². The molecule has 0 saturated heterocycles. The molecule has 0 amide bonds. The molecule has 1 saturated carbocycles. The Morgan fingerprint density at radius 3 is 2.83 bits per heavy atom. The third-order valence-corrected chi connectivity index (χ3v) is 3.32. The molecule has 1 aliphatic carbocycles. The van der Waals surface area contributed by atoms with Gasteiger partial charge in [-0.2, -0.15) is 0 Å². The third kappa shape index (κ3) is 3.88. The summed E-state index contributed by atoms with van der Waals surface area (Å²) in [5.41, 5.74) is 1.15. The quantitative estimate of drug-likeness (QED) is 0.741. The molecule has 1 fully saturated rings. The minimum absolute atomic E-state index is 0.853. The second kappa shape index (κ2) is 6.59. The fourth-order valence-corrected chi connectivity index (χ4v) is 2.20. The van der Waals surface area contributed by atoms with Crippen LogP contribution in [0.4, 0.5) is 11.5 Å². The van der Waals surface area contributed by atoms with Crippen molar-refractivity contribution >= 4 is 11.5 Å². The van der Waals surface area contributed by atoms with Gasteiger partial charge in [-0.15, -0.1) is 0 Å². The van der Waals surface area contributed by atoms with E-state index in [1.54, 1.807) is 0 Å². The molecule has 1 heterocycles. The van der Waals surface area contributed by atoms with E-state index in [4.69, 9.17) is 0 Å². The van der Waals surface area contributed by atoms with E-state index in [-0.39, 0.29) is 0 Å². The Balaban J connectivity index is 1.76. The van der Waals surface area contributed by atoms with Gasteiger partial charge in [-0.3, -0.25) is 4.90 Å². The van der Waals surface area contributed by atoms with Gasteiger partial charge in [0, 0.05) is 43.6 Å². The van der Waals surface area contributed by atoms with Crippen LogP contribution in [0.1, 0.15) is 26.7 Å². The maximum Gasteiger partial charge on any atom is 0.127 e. The number of rotatable bonds is 8. The Bertz CT molecular complexity index is 363. The second-order valence-corrected chi connectivity index (χ2v) is 4.75. The van der Waals surface area contributed by atoms with Gasteiger partial charge in [0.2, 0.25) is 0 Å². The van der Waals surface area contributed by atoms with Crippen molar-refractivity contribution in [3.63, 3.8) is 0 Å². The minimum atomic E-state index is 0.853. The predicted octanol–water partition coefficient (Wildman–Crippen LogP) is 2.41. The summed E-state index contributed by atoms with van der Waals surface area (Å²) < 4.78 is 0. The average Bonchev–Trinajstić information content (AvgIpc) is 3.20. The maximum absolute atomic E-state index is 4.27. The molecule has 0 spiro atoms. The van der Waals surface area contributed by atoms with Crippen LogP contribution >= 0.6 is 0 Å². The summed E-state index contributed by atoms with van der Waals surface area (Å²) in [7, 11) is 0. The summed E-state index contributed by atoms with van der Waals surface area (Å²) in [6.07, 6.45) is 4.61. The summed E-state index contributed by atoms with van der Waals surface area (Å²) in [5.74, 6) is 0.942. The fraction of sp³-hybridized carbons (Fsp3) is 0.643. The first-order valence-corrected chi connectivity index (χ1v) is 7.01. The first-order valence-electron chi connectivity index (χ1n) is 7.01. The first-order chi connectivity index (χ1) is 8.83. The SMILES string of the molecule is CCNc1cc(NCCN(CC)C2CC2)ccn1. The van der Waals surface area contributed by atoms with Gasteiger partial charge in [0.05, 0.1) is 0 Å². The number of aromatic nitrogens is 1. The predicted molar refractivity (Wildman–Crippen MR) is 77.2 cm³/mol. The summed E-state index contributed by atoms with van der Waals surface area (Å²) in [5, 5.41) is 6.69. The van der Waals surface area contributed by atoms with Crippen molar-refractivity contribution in [1.82, 2.24) is 9.88 Å². The van der Waals surface area contributed by atoms with Gasteiger partial charge in [-0.1, -0.05) is 6.92 Å². The number of pyridine rings is 1. The van der Waals surface area contributed by atoms with E-state index in [0.717, 1.165) is 43.7 Å². The van der Waals surface area contributed by atoms with Crippen molar-refractivity contribution in [3.8, 4) is 0 Å². The molecule has 1 aromatic rings. The van der Waals surface area contributed by atoms with Crippen LogP contribution in [0.25, 0.3) is 0 Å². The Hall–Kier alpha value is -1.29. The molecule has 0 bridgehead atoms. The van der Waals surface area contributed by atoms with Gasteiger partial charge in [-0.25, -0.2) is 4.98 Å². The molecule has 0 radical (unpaired) electrons. The zero-order valence-corrected chi connectivity index (χ0v) is 11.4. The first kappa shape index (κ1) is 13.1. The topological polar surface area (TPSA) is 40.2 Å². The van der Waals surface area contributed by atoms with E-state index in [1.165, 1.54) is 12.8 Å². The zero-order chi connectivity index (χ0) is 12.8. The van der Waals surface area contributed by atoms with Gasteiger partial charge >= 0.3 is 0 Å². The van der Waals surface area contributed by atoms with Crippen LogP contribution < -0.4 is 10.6 Å². The normalized spacial score (nSPS) is 14.8. The van der Waals surface area contributed by atoms with Crippen molar-refractivity contribution < 1.29 is 0 Å². The molecule has 1 aliphatic rings. The molecule has 0 aromatic carbocycles. The smallest absolute Gasteiger partial charge is 0.127 e. The average molecular weight is 248 g/mol. The summed E-state index contributed by atoms with van der Waals surface area (Å²) >= 11 is 0. The molecule has 0 atom stereocenters. The van der Waals surface area contributed by atoms with E-state index < -0.39 is 0 Å². The van der Waals surface area contributed by atoms with Crippen molar-refractivity contribution in [1.29, 1.82) is 0 Å². The molecular weight excluding hydrogens is 224 g/mol. The fourth-order valence-electron chi connectivity index (χ4n) is 2.20. The van der Waals surface area contributed by atoms with Gasteiger partial charge in [-0.05, 0) is 32.4 Å². The Morgan fingerprint density at radius 1 is 1.33 bits per heavy atom. The number of hydrogen-bond acceptors (Lipinski definition) is 4. The molecule has 4 nitrogen and oxygen atoms in total. The van der Waals surface area contributed by atoms with E-state index in [9.17, 15) is 0 Å². The molecule has 2 N–H and O–H groups in total. The van der Waals surface area contributed by atoms with Crippen LogP contribution in [0.3, 0.4) is 0 Å². The van der Waals surface area contributed by atoms with Crippen molar-refractivity contribution in [2.24, 2.45) is 0 Å². The van der Waals surface area contributed by atoms with E-state index in [1.807, 2.05) is 12.3 Å². The van der Waals surface area contributed by atoms with Crippen LogP contribution in [0.2, 0.25) is 0 Å². The standard InChI is InChI=1S/C14H24N4/c1-3-15-14-11-12(7-8-17-14)16-9-10-18(4-2)13-5-6-13/h7-8,11,13H,3-6,9-10H2,1-2H3,(H2,15,16,17). The number of hydrogen-bond donors (Lipinski definition) is 2.